The summed E-state index contributed by atoms with van der Waals surface area (Å²) < 4.78 is 104. The van der Waals surface area contributed by atoms with Gasteiger partial charge in [-0.25, -0.2) is 4.39 Å². The van der Waals surface area contributed by atoms with Gasteiger partial charge >= 0.3 is 12.4 Å². The maximum atomic E-state index is 13.8. The highest BCUT2D eigenvalue weighted by Gasteiger charge is 2.35. The molecule has 2 aromatic heterocycles. The Morgan fingerprint density at radius 1 is 0.915 bits per heavy atom. The molecule has 0 saturated heterocycles. The zero-order valence-electron chi connectivity index (χ0n) is 24.2. The van der Waals surface area contributed by atoms with Crippen molar-refractivity contribution in [3.05, 3.63) is 87.9 Å². The minimum Gasteiger partial charge on any atom is -0.496 e. The van der Waals surface area contributed by atoms with Crippen LogP contribution in [-0.2, 0) is 18.0 Å². The van der Waals surface area contributed by atoms with E-state index in [2.05, 4.69) is 20.8 Å². The number of nitrogens with one attached hydrogen (secondary N) is 2. The van der Waals surface area contributed by atoms with Gasteiger partial charge in [-0.1, -0.05) is 11.2 Å². The molecule has 0 fully saturated rings. The zero-order chi connectivity index (χ0) is 34.5. The second-order valence-electron chi connectivity index (χ2n) is 10.5. The van der Waals surface area contributed by atoms with E-state index < -0.39 is 52.4 Å². The molecule has 0 aliphatic carbocycles. The quantitative estimate of drug-likeness (QED) is 0.149. The van der Waals surface area contributed by atoms with Crippen molar-refractivity contribution >= 4 is 44.6 Å². The zero-order valence-corrected chi connectivity index (χ0v) is 25.0. The van der Waals surface area contributed by atoms with Crippen molar-refractivity contribution in [1.29, 1.82) is 0 Å². The number of hydrogen-bond donors (Lipinski definition) is 3. The number of nitrogens with zero attached hydrogens (tertiary/aromatic N) is 2. The number of anilines is 2. The van der Waals surface area contributed by atoms with Gasteiger partial charge < -0.3 is 25.0 Å². The molecule has 2 amide bonds. The summed E-state index contributed by atoms with van der Waals surface area (Å²) in [6.45, 7) is 2.83. The molecule has 0 bridgehead atoms. The summed E-state index contributed by atoms with van der Waals surface area (Å²) in [5.74, 6) is -3.66. The molecule has 0 radical (unpaired) electrons. The number of thiophene rings is 1. The van der Waals surface area contributed by atoms with Gasteiger partial charge in [0.25, 0.3) is 17.7 Å². The number of methoxy groups -OCH3 is 1. The maximum absolute atomic E-state index is 13.8. The van der Waals surface area contributed by atoms with Crippen molar-refractivity contribution in [2.75, 3.05) is 17.7 Å². The van der Waals surface area contributed by atoms with Crippen LogP contribution in [0.4, 0.5) is 42.1 Å². The van der Waals surface area contributed by atoms with E-state index in [4.69, 9.17) is 9.26 Å². The molecule has 0 saturated carbocycles. The third-order valence-corrected chi connectivity index (χ3v) is 7.79. The predicted molar refractivity (Wildman–Crippen MR) is 156 cm³/mol. The lowest BCUT2D eigenvalue weighted by molar-refractivity contribution is -0.140. The number of carbonyl (C=O) groups is 2. The molecule has 0 spiro atoms. The Kier molecular flexibility index (Phi) is 8.48. The van der Waals surface area contributed by atoms with E-state index in [0.29, 0.717) is 23.5 Å². The number of aliphatic hydroxyl groups is 1. The first-order valence-corrected chi connectivity index (χ1v) is 14.1. The molecule has 0 aliphatic heterocycles. The number of alkyl halides is 6. The van der Waals surface area contributed by atoms with Crippen LogP contribution in [0.25, 0.3) is 21.5 Å². The van der Waals surface area contributed by atoms with Gasteiger partial charge in [-0.15, -0.1) is 11.3 Å². The van der Waals surface area contributed by atoms with Gasteiger partial charge in [-0.3, -0.25) is 9.59 Å². The molecule has 5 aromatic rings. The fourth-order valence-corrected chi connectivity index (χ4v) is 5.45. The van der Waals surface area contributed by atoms with Gasteiger partial charge in [-0.2, -0.15) is 31.3 Å². The van der Waals surface area contributed by atoms with Crippen molar-refractivity contribution < 1.29 is 54.7 Å². The minimum atomic E-state index is -5.08. The lowest BCUT2D eigenvalue weighted by Crippen LogP contribution is -2.18. The Hall–Kier alpha value is -5.03. The number of benzene rings is 3. The summed E-state index contributed by atoms with van der Waals surface area (Å²) in [5.41, 5.74) is -4.78. The van der Waals surface area contributed by atoms with Crippen LogP contribution in [0.1, 0.15) is 50.9 Å². The van der Waals surface area contributed by atoms with Crippen molar-refractivity contribution in [1.82, 2.24) is 10.1 Å². The van der Waals surface area contributed by atoms with E-state index in [9.17, 15) is 45.4 Å². The Morgan fingerprint density at radius 2 is 1.64 bits per heavy atom. The number of aromatic nitrogens is 2. The van der Waals surface area contributed by atoms with Crippen molar-refractivity contribution in [2.45, 2.75) is 31.8 Å². The van der Waals surface area contributed by atoms with Gasteiger partial charge in [-0.05, 0) is 62.4 Å². The number of halogens is 7. The Labute approximate surface area is 264 Å². The Balaban J connectivity index is 1.56. The first-order valence-electron chi connectivity index (χ1n) is 13.2. The van der Waals surface area contributed by atoms with Gasteiger partial charge in [0.15, 0.2) is 0 Å². The van der Waals surface area contributed by atoms with Gasteiger partial charge in [0.1, 0.15) is 22.0 Å². The largest absolute Gasteiger partial charge is 0.496 e. The van der Waals surface area contributed by atoms with Crippen LogP contribution in [0, 0.1) is 5.82 Å². The van der Waals surface area contributed by atoms with Crippen LogP contribution in [0.2, 0.25) is 0 Å². The molecule has 0 atom stereocenters. The number of fused-ring (bicyclic) bond motifs is 1. The van der Waals surface area contributed by atoms with Crippen molar-refractivity contribution in [3.8, 4) is 17.1 Å². The standard InChI is InChI=1S/C30H21F7N4O5S/c1-28(2,44)27-40-24(41-46-27)13-4-9-20(45-3)17(10-13)25(42)39-22-16-7-5-14(29(32,33)34)11-21(16)47-23(22)26(43)38-15-6-8-19(31)18(12-15)30(35,36)37/h4-12,44H,1-3H3,(H,38,43)(H,39,42). The summed E-state index contributed by atoms with van der Waals surface area (Å²) in [4.78, 5) is 30.8. The van der Waals surface area contributed by atoms with Gasteiger partial charge in [0.2, 0.25) is 5.82 Å². The topological polar surface area (TPSA) is 127 Å². The number of amides is 2. The van der Waals surface area contributed by atoms with Crippen LogP contribution in [0.15, 0.2) is 59.1 Å². The number of hydrogen-bond acceptors (Lipinski definition) is 8. The summed E-state index contributed by atoms with van der Waals surface area (Å²) in [6.07, 6.45) is -9.83. The van der Waals surface area contributed by atoms with E-state index in [1.54, 1.807) is 0 Å². The first kappa shape index (κ1) is 33.3. The second-order valence-corrected chi connectivity index (χ2v) is 11.6. The molecular formula is C30H21F7N4O5S. The second kappa shape index (κ2) is 12.0. The lowest BCUT2D eigenvalue weighted by atomic mass is 10.1. The third kappa shape index (κ3) is 6.90. The van der Waals surface area contributed by atoms with Gasteiger partial charge in [0, 0.05) is 21.3 Å². The molecule has 2 heterocycles. The van der Waals surface area contributed by atoms with Crippen molar-refractivity contribution in [2.24, 2.45) is 0 Å². The number of rotatable bonds is 7. The summed E-state index contributed by atoms with van der Waals surface area (Å²) in [5, 5.41) is 18.7. The van der Waals surface area contributed by atoms with E-state index in [1.807, 2.05) is 0 Å². The molecule has 246 valence electrons. The fourth-order valence-electron chi connectivity index (χ4n) is 4.36. The minimum absolute atomic E-state index is 0.00270. The molecule has 3 N–H and O–H groups in total. The van der Waals surface area contributed by atoms with E-state index in [-0.39, 0.29) is 49.2 Å². The highest BCUT2D eigenvalue weighted by Crippen LogP contribution is 2.41. The van der Waals surface area contributed by atoms with Crippen molar-refractivity contribution in [3.63, 3.8) is 0 Å². The van der Waals surface area contributed by atoms with E-state index in [1.165, 1.54) is 39.2 Å². The molecule has 0 aliphatic rings. The van der Waals surface area contributed by atoms with Crippen LogP contribution < -0.4 is 15.4 Å². The number of carbonyl (C=O) groups excluding carboxylic acids is 2. The highest BCUT2D eigenvalue weighted by atomic mass is 32.1. The maximum Gasteiger partial charge on any atom is 0.419 e. The van der Waals surface area contributed by atoms with Crippen LogP contribution in [0.3, 0.4) is 0 Å². The highest BCUT2D eigenvalue weighted by molar-refractivity contribution is 7.21. The van der Waals surface area contributed by atoms with Crippen LogP contribution in [-0.4, -0.2) is 34.2 Å². The Bertz CT molecular complexity index is 2010. The molecule has 3 aromatic carbocycles. The molecule has 0 unspecified atom stereocenters. The van der Waals surface area contributed by atoms with E-state index >= 15 is 0 Å². The Morgan fingerprint density at radius 3 is 2.26 bits per heavy atom. The number of ether oxygens (including phenoxy) is 1. The molecule has 5 rings (SSSR count). The average Bonchev–Trinajstić information content (AvgIpc) is 3.63. The van der Waals surface area contributed by atoms with Crippen LogP contribution >= 0.6 is 11.3 Å². The van der Waals surface area contributed by atoms with Crippen LogP contribution in [0.5, 0.6) is 5.75 Å². The summed E-state index contributed by atoms with van der Waals surface area (Å²) >= 11 is 0.536. The lowest BCUT2D eigenvalue weighted by Gasteiger charge is -2.13. The normalized spacial score (nSPS) is 12.3. The SMILES string of the molecule is COc1ccc(-c2noc(C(C)(C)O)n2)cc1C(=O)Nc1c(C(=O)Nc2ccc(F)c(C(F)(F)F)c2)sc2cc(C(F)(F)F)ccc12. The smallest absolute Gasteiger partial charge is 0.419 e. The molecule has 47 heavy (non-hydrogen) atoms. The third-order valence-electron chi connectivity index (χ3n) is 6.64. The summed E-state index contributed by atoms with van der Waals surface area (Å²) in [6, 6.07) is 8.44. The average molecular weight is 683 g/mol. The molecule has 9 nitrogen and oxygen atoms in total. The van der Waals surface area contributed by atoms with E-state index in [0.717, 1.165) is 24.3 Å². The first-order chi connectivity index (χ1) is 21.9. The fraction of sp³-hybridized carbons (Fsp3) is 0.200. The molecular weight excluding hydrogens is 661 g/mol. The van der Waals surface area contributed by atoms with Gasteiger partial charge in [0.05, 0.1) is 29.5 Å². The summed E-state index contributed by atoms with van der Waals surface area (Å²) in [7, 11) is 1.27. The molecule has 17 heteroatoms. The predicted octanol–water partition coefficient (Wildman–Crippen LogP) is 7.87. The monoisotopic (exact) mass is 682 g/mol.